The maximum Gasteiger partial charge on any atom is 0.226 e. The summed E-state index contributed by atoms with van der Waals surface area (Å²) in [5.74, 6) is -3.57. The van der Waals surface area contributed by atoms with Crippen molar-refractivity contribution in [1.82, 2.24) is 5.32 Å². The molecule has 0 aromatic carbocycles. The molecule has 1 unspecified atom stereocenters. The van der Waals surface area contributed by atoms with E-state index in [0.717, 1.165) is 0 Å². The van der Waals surface area contributed by atoms with Crippen molar-refractivity contribution in [2.75, 3.05) is 0 Å². The highest BCUT2D eigenvalue weighted by molar-refractivity contribution is 5.83. The van der Waals surface area contributed by atoms with Crippen LogP contribution in [-0.4, -0.2) is 50.5 Å². The highest BCUT2D eigenvalue weighted by Crippen LogP contribution is 2.33. The molecular formula is C12H20NO6-. The summed E-state index contributed by atoms with van der Waals surface area (Å²) in [6, 6.07) is 0. The third-order valence-corrected chi connectivity index (χ3v) is 3.13. The van der Waals surface area contributed by atoms with Crippen molar-refractivity contribution in [3.05, 3.63) is 0 Å². The Hall–Kier alpha value is -1.18. The molecule has 0 spiro atoms. The normalized spacial score (nSPS) is 35.8. The van der Waals surface area contributed by atoms with Crippen LogP contribution in [0.3, 0.4) is 0 Å². The first-order valence-electron chi connectivity index (χ1n) is 6.08. The number of aliphatic carboxylic acids is 1. The number of amides is 1. The molecule has 1 saturated carbocycles. The summed E-state index contributed by atoms with van der Waals surface area (Å²) in [6.07, 6.45) is -3.96. The van der Waals surface area contributed by atoms with E-state index in [2.05, 4.69) is 5.32 Å². The SMILES string of the molecule is CC(C)(C)NC(=O)C1C[C@@](O)(C(=O)[O-])C[C@@H](O)[C@@H]1O. The fourth-order valence-corrected chi connectivity index (χ4v) is 2.18. The van der Waals surface area contributed by atoms with Gasteiger partial charge in [-0.15, -0.1) is 0 Å². The maximum absolute atomic E-state index is 12.0. The minimum Gasteiger partial charge on any atom is -0.547 e. The van der Waals surface area contributed by atoms with Crippen LogP contribution >= 0.6 is 0 Å². The van der Waals surface area contributed by atoms with Crippen molar-refractivity contribution in [2.24, 2.45) is 5.92 Å². The van der Waals surface area contributed by atoms with Crippen LogP contribution in [0.4, 0.5) is 0 Å². The van der Waals surface area contributed by atoms with E-state index >= 15 is 0 Å². The Bertz CT molecular complexity index is 377. The van der Waals surface area contributed by atoms with Gasteiger partial charge < -0.3 is 30.5 Å². The molecule has 0 radical (unpaired) electrons. The van der Waals surface area contributed by atoms with Crippen LogP contribution in [0, 0.1) is 5.92 Å². The van der Waals surface area contributed by atoms with Gasteiger partial charge in [0.1, 0.15) is 5.60 Å². The summed E-state index contributed by atoms with van der Waals surface area (Å²) in [5, 5.41) is 42.7. The first-order valence-corrected chi connectivity index (χ1v) is 6.08. The number of rotatable bonds is 2. The summed E-state index contributed by atoms with van der Waals surface area (Å²) in [5.41, 5.74) is -2.88. The summed E-state index contributed by atoms with van der Waals surface area (Å²) < 4.78 is 0. The molecule has 110 valence electrons. The van der Waals surface area contributed by atoms with Gasteiger partial charge in [-0.2, -0.15) is 0 Å². The molecule has 7 heteroatoms. The first kappa shape index (κ1) is 15.9. The molecule has 4 N–H and O–H groups in total. The zero-order chi connectivity index (χ0) is 15.0. The molecule has 7 nitrogen and oxygen atoms in total. The molecule has 0 bridgehead atoms. The van der Waals surface area contributed by atoms with Gasteiger partial charge in [0.25, 0.3) is 0 Å². The molecule has 0 saturated heterocycles. The van der Waals surface area contributed by atoms with Crippen LogP contribution in [0.2, 0.25) is 0 Å². The predicted molar refractivity (Wildman–Crippen MR) is 62.6 cm³/mol. The summed E-state index contributed by atoms with van der Waals surface area (Å²) in [4.78, 5) is 22.9. The Morgan fingerprint density at radius 2 is 1.79 bits per heavy atom. The standard InChI is InChI=1S/C12H21NO6/c1-11(2,3)13-9(16)6-4-12(19,10(17)18)5-7(14)8(6)15/h6-8,14-15,19H,4-5H2,1-3H3,(H,13,16)(H,17,18)/p-1/t6?,7-,8-,12+/m1/s1. The van der Waals surface area contributed by atoms with E-state index in [4.69, 9.17) is 0 Å². The molecule has 1 aliphatic carbocycles. The second-order valence-corrected chi connectivity index (χ2v) is 6.13. The van der Waals surface area contributed by atoms with Gasteiger partial charge in [-0.25, -0.2) is 0 Å². The highest BCUT2D eigenvalue weighted by Gasteiger charge is 2.48. The van der Waals surface area contributed by atoms with Gasteiger partial charge in [-0.05, 0) is 27.2 Å². The third kappa shape index (κ3) is 3.65. The van der Waals surface area contributed by atoms with Crippen molar-refractivity contribution >= 4 is 11.9 Å². The average Bonchev–Trinajstić information content (AvgIpc) is 2.20. The molecule has 1 amide bonds. The number of carboxylic acid groups (broad SMARTS) is 1. The largest absolute Gasteiger partial charge is 0.547 e. The van der Waals surface area contributed by atoms with Gasteiger partial charge >= 0.3 is 0 Å². The Balaban J connectivity index is 2.92. The van der Waals surface area contributed by atoms with Crippen LogP contribution in [0.1, 0.15) is 33.6 Å². The molecule has 19 heavy (non-hydrogen) atoms. The zero-order valence-corrected chi connectivity index (χ0v) is 11.2. The molecule has 0 aromatic heterocycles. The van der Waals surface area contributed by atoms with Crippen molar-refractivity contribution in [2.45, 2.75) is 57.0 Å². The van der Waals surface area contributed by atoms with Gasteiger partial charge in [-0.1, -0.05) is 0 Å². The number of hydrogen-bond acceptors (Lipinski definition) is 6. The van der Waals surface area contributed by atoms with E-state index in [9.17, 15) is 30.0 Å². The lowest BCUT2D eigenvalue weighted by molar-refractivity contribution is -0.330. The van der Waals surface area contributed by atoms with Gasteiger partial charge in [0.15, 0.2) is 0 Å². The molecule has 1 fully saturated rings. The summed E-state index contributed by atoms with van der Waals surface area (Å²) in [6.45, 7) is 5.17. The van der Waals surface area contributed by atoms with E-state index in [1.165, 1.54) is 0 Å². The van der Waals surface area contributed by atoms with Crippen molar-refractivity contribution in [3.8, 4) is 0 Å². The van der Waals surface area contributed by atoms with Crippen LogP contribution < -0.4 is 10.4 Å². The second-order valence-electron chi connectivity index (χ2n) is 6.13. The van der Waals surface area contributed by atoms with E-state index in [0.29, 0.717) is 0 Å². The molecule has 1 rings (SSSR count). The molecule has 0 aromatic rings. The first-order chi connectivity index (χ1) is 8.46. The van der Waals surface area contributed by atoms with E-state index in [1.807, 2.05) is 0 Å². The number of nitrogens with one attached hydrogen (secondary N) is 1. The predicted octanol–water partition coefficient (Wildman–Crippen LogP) is -2.49. The Labute approximate surface area is 111 Å². The second kappa shape index (κ2) is 5.07. The number of aliphatic hydroxyl groups excluding tert-OH is 2. The average molecular weight is 274 g/mol. The van der Waals surface area contributed by atoms with E-state index < -0.39 is 54.0 Å². The van der Waals surface area contributed by atoms with Crippen molar-refractivity contribution < 1.29 is 30.0 Å². The summed E-state index contributed by atoms with van der Waals surface area (Å²) in [7, 11) is 0. The number of carbonyl (C=O) groups is 2. The molecular weight excluding hydrogens is 254 g/mol. The number of aliphatic hydroxyl groups is 3. The lowest BCUT2D eigenvalue weighted by atomic mass is 9.74. The molecule has 0 aliphatic heterocycles. The van der Waals surface area contributed by atoms with Crippen LogP contribution in [0.15, 0.2) is 0 Å². The number of carbonyl (C=O) groups excluding carboxylic acids is 2. The highest BCUT2D eigenvalue weighted by atomic mass is 16.4. The monoisotopic (exact) mass is 274 g/mol. The Morgan fingerprint density at radius 1 is 1.26 bits per heavy atom. The van der Waals surface area contributed by atoms with E-state index in [1.54, 1.807) is 20.8 Å². The topological polar surface area (TPSA) is 130 Å². The fraction of sp³-hybridized carbons (Fsp3) is 0.833. The smallest absolute Gasteiger partial charge is 0.226 e. The fourth-order valence-electron chi connectivity index (χ4n) is 2.18. The van der Waals surface area contributed by atoms with Gasteiger partial charge in [0.2, 0.25) is 5.91 Å². The quantitative estimate of drug-likeness (QED) is 0.441. The lowest BCUT2D eigenvalue weighted by Gasteiger charge is -2.42. The van der Waals surface area contributed by atoms with Gasteiger partial charge in [0, 0.05) is 12.0 Å². The van der Waals surface area contributed by atoms with Crippen LogP contribution in [0.25, 0.3) is 0 Å². The number of carboxylic acids is 1. The molecule has 0 heterocycles. The Kier molecular flexibility index (Phi) is 4.23. The molecule has 4 atom stereocenters. The minimum atomic E-state index is -2.31. The summed E-state index contributed by atoms with van der Waals surface area (Å²) >= 11 is 0. The maximum atomic E-state index is 12.0. The zero-order valence-electron chi connectivity index (χ0n) is 11.2. The Morgan fingerprint density at radius 3 is 2.21 bits per heavy atom. The number of hydrogen-bond donors (Lipinski definition) is 4. The van der Waals surface area contributed by atoms with Crippen molar-refractivity contribution in [3.63, 3.8) is 0 Å². The third-order valence-electron chi connectivity index (χ3n) is 3.13. The van der Waals surface area contributed by atoms with Crippen LogP contribution in [0.5, 0.6) is 0 Å². The van der Waals surface area contributed by atoms with Crippen LogP contribution in [-0.2, 0) is 9.59 Å². The van der Waals surface area contributed by atoms with Gasteiger partial charge in [-0.3, -0.25) is 4.79 Å². The van der Waals surface area contributed by atoms with Gasteiger partial charge in [0.05, 0.1) is 24.1 Å². The lowest BCUT2D eigenvalue weighted by Crippen LogP contribution is -2.61. The molecule has 1 aliphatic rings. The van der Waals surface area contributed by atoms with Crippen molar-refractivity contribution in [1.29, 1.82) is 0 Å². The minimum absolute atomic E-state index is 0.491. The van der Waals surface area contributed by atoms with E-state index in [-0.39, 0.29) is 0 Å².